The van der Waals surface area contributed by atoms with Crippen molar-refractivity contribution >= 4 is 16.7 Å². The molecule has 0 spiro atoms. The number of nitrogens with one attached hydrogen (secondary N) is 1. The van der Waals surface area contributed by atoms with Gasteiger partial charge in [-0.25, -0.2) is 0 Å². The van der Waals surface area contributed by atoms with E-state index in [0.717, 1.165) is 42.8 Å². The quantitative estimate of drug-likeness (QED) is 0.331. The maximum absolute atomic E-state index is 14.2. The van der Waals surface area contributed by atoms with Crippen LogP contribution in [0.1, 0.15) is 67.2 Å². The normalized spacial score (nSPS) is 17.0. The van der Waals surface area contributed by atoms with Crippen molar-refractivity contribution in [3.63, 3.8) is 0 Å². The summed E-state index contributed by atoms with van der Waals surface area (Å²) in [7, 11) is 0. The van der Waals surface area contributed by atoms with Gasteiger partial charge in [0.15, 0.2) is 0 Å². The number of nitrogens with zero attached hydrogens (tertiary/aromatic N) is 2. The Balaban J connectivity index is 1.71. The molecular formula is C32H35N3O2. The van der Waals surface area contributed by atoms with Crippen LogP contribution < -0.4 is 10.9 Å². The lowest BCUT2D eigenvalue weighted by Crippen LogP contribution is -2.40. The van der Waals surface area contributed by atoms with Crippen LogP contribution in [0.4, 0.5) is 0 Å². The Morgan fingerprint density at radius 1 is 0.919 bits per heavy atom. The smallest absolute Gasteiger partial charge is 0.263 e. The largest absolute Gasteiger partial charge is 0.345 e. The Bertz CT molecular complexity index is 1430. The van der Waals surface area contributed by atoms with Gasteiger partial charge in [0.1, 0.15) is 0 Å². The summed E-state index contributed by atoms with van der Waals surface area (Å²) in [6.45, 7) is 5.82. The molecule has 37 heavy (non-hydrogen) atoms. The lowest BCUT2D eigenvalue weighted by molar-refractivity contribution is 0.0931. The Morgan fingerprint density at radius 2 is 1.57 bits per heavy atom. The van der Waals surface area contributed by atoms with Gasteiger partial charge in [0.25, 0.3) is 11.5 Å². The van der Waals surface area contributed by atoms with Crippen LogP contribution in [0.2, 0.25) is 0 Å². The molecule has 0 aliphatic carbocycles. The van der Waals surface area contributed by atoms with E-state index in [4.69, 9.17) is 0 Å². The van der Waals surface area contributed by atoms with Crippen LogP contribution in [-0.2, 0) is 6.54 Å². The Kier molecular flexibility index (Phi) is 7.52. The van der Waals surface area contributed by atoms with Crippen molar-refractivity contribution < 1.29 is 4.79 Å². The number of hydrogen-bond acceptors (Lipinski definition) is 3. The molecule has 5 rings (SSSR count). The van der Waals surface area contributed by atoms with Crippen LogP contribution in [0.15, 0.2) is 89.7 Å². The summed E-state index contributed by atoms with van der Waals surface area (Å²) in [5.41, 5.74) is 3.11. The fraction of sp³-hybridized carbons (Fsp3) is 0.312. The number of likely N-dealkylation sites (tertiary alicyclic amines) is 1. The van der Waals surface area contributed by atoms with Crippen molar-refractivity contribution in [1.29, 1.82) is 0 Å². The second-order valence-corrected chi connectivity index (χ2v) is 10.0. The molecule has 3 aromatic carbocycles. The molecule has 0 radical (unpaired) electrons. The third-order valence-electron chi connectivity index (χ3n) is 7.64. The first kappa shape index (κ1) is 25.0. The second-order valence-electron chi connectivity index (χ2n) is 10.0. The van der Waals surface area contributed by atoms with Crippen molar-refractivity contribution in [1.82, 2.24) is 14.8 Å². The molecule has 1 unspecified atom stereocenters. The molecule has 1 aliphatic heterocycles. The summed E-state index contributed by atoms with van der Waals surface area (Å²) >= 11 is 0. The molecule has 0 saturated carbocycles. The number of benzene rings is 3. The third kappa shape index (κ3) is 5.09. The number of amides is 1. The van der Waals surface area contributed by atoms with Gasteiger partial charge < -0.3 is 5.32 Å². The predicted molar refractivity (Wildman–Crippen MR) is 150 cm³/mol. The summed E-state index contributed by atoms with van der Waals surface area (Å²) in [6.07, 6.45) is 4.23. The summed E-state index contributed by atoms with van der Waals surface area (Å²) in [5, 5.41) is 4.57. The summed E-state index contributed by atoms with van der Waals surface area (Å²) < 4.78 is 1.77. The molecule has 5 heteroatoms. The minimum atomic E-state index is -0.142. The topological polar surface area (TPSA) is 54.3 Å². The fourth-order valence-corrected chi connectivity index (χ4v) is 5.57. The average Bonchev–Trinajstić information content (AvgIpc) is 2.94. The Morgan fingerprint density at radius 3 is 2.24 bits per heavy atom. The van der Waals surface area contributed by atoms with Gasteiger partial charge in [0.2, 0.25) is 0 Å². The number of hydrogen-bond donors (Lipinski definition) is 1. The number of fused-ring (bicyclic) bond motifs is 1. The van der Waals surface area contributed by atoms with E-state index in [1.807, 2.05) is 84.9 Å². The maximum atomic E-state index is 14.2. The SMILES string of the molecule is CCC(NC(=O)c1c(CN2CCCC[C@@H]2C)n(-c2ccccc2)c(=O)c2ccccc12)c1ccccc1. The molecule has 1 aromatic heterocycles. The fourth-order valence-electron chi connectivity index (χ4n) is 5.57. The standard InChI is InChI=1S/C32H35N3O2/c1-3-28(24-15-6-4-7-16-24)33-31(36)30-26-19-10-11-20-27(26)32(37)35(25-17-8-5-9-18-25)29(30)22-34-21-13-12-14-23(34)2/h4-11,15-20,23,28H,3,12-14,21-22H2,1-2H3,(H,33,36)/t23-,28?/m0/s1. The molecular weight excluding hydrogens is 458 g/mol. The van der Waals surface area contributed by atoms with E-state index in [1.165, 1.54) is 6.42 Å². The Hall–Kier alpha value is -3.70. The number of rotatable bonds is 7. The highest BCUT2D eigenvalue weighted by molar-refractivity contribution is 6.08. The number of piperidine rings is 1. The zero-order chi connectivity index (χ0) is 25.8. The van der Waals surface area contributed by atoms with Crippen LogP contribution in [0.3, 0.4) is 0 Å². The van der Waals surface area contributed by atoms with Gasteiger partial charge in [0, 0.05) is 29.0 Å². The molecule has 1 amide bonds. The third-order valence-corrected chi connectivity index (χ3v) is 7.64. The summed E-state index contributed by atoms with van der Waals surface area (Å²) in [4.78, 5) is 30.6. The van der Waals surface area contributed by atoms with Gasteiger partial charge in [-0.05, 0) is 56.5 Å². The van der Waals surface area contributed by atoms with Crippen molar-refractivity contribution in [3.05, 3.63) is 112 Å². The number of carbonyl (C=O) groups is 1. The highest BCUT2D eigenvalue weighted by atomic mass is 16.2. The van der Waals surface area contributed by atoms with Crippen LogP contribution in [-0.4, -0.2) is 28.0 Å². The van der Waals surface area contributed by atoms with E-state index in [9.17, 15) is 9.59 Å². The lowest BCUT2D eigenvalue weighted by atomic mass is 9.98. The summed E-state index contributed by atoms with van der Waals surface area (Å²) in [6, 6.07) is 27.6. The van der Waals surface area contributed by atoms with E-state index in [1.54, 1.807) is 4.57 Å². The molecule has 5 nitrogen and oxygen atoms in total. The maximum Gasteiger partial charge on any atom is 0.263 e. The average molecular weight is 494 g/mol. The second kappa shape index (κ2) is 11.1. The van der Waals surface area contributed by atoms with Gasteiger partial charge in [-0.1, -0.05) is 80.1 Å². The first-order valence-corrected chi connectivity index (χ1v) is 13.4. The number of carbonyl (C=O) groups excluding carboxylic acids is 1. The Labute approximate surface area is 218 Å². The number of pyridine rings is 1. The van der Waals surface area contributed by atoms with Gasteiger partial charge >= 0.3 is 0 Å². The lowest BCUT2D eigenvalue weighted by Gasteiger charge is -2.34. The molecule has 1 aliphatic rings. The molecule has 2 heterocycles. The number of para-hydroxylation sites is 1. The van der Waals surface area contributed by atoms with Crippen molar-refractivity contribution in [2.75, 3.05) is 6.54 Å². The van der Waals surface area contributed by atoms with Gasteiger partial charge in [-0.15, -0.1) is 0 Å². The monoisotopic (exact) mass is 493 g/mol. The predicted octanol–water partition coefficient (Wildman–Crippen LogP) is 6.25. The zero-order valence-corrected chi connectivity index (χ0v) is 21.7. The van der Waals surface area contributed by atoms with E-state index < -0.39 is 0 Å². The van der Waals surface area contributed by atoms with Crippen molar-refractivity contribution in [2.24, 2.45) is 0 Å². The van der Waals surface area contributed by atoms with Gasteiger partial charge in [-0.3, -0.25) is 19.1 Å². The van der Waals surface area contributed by atoms with Crippen LogP contribution in [0.5, 0.6) is 0 Å². The summed E-state index contributed by atoms with van der Waals surface area (Å²) in [5.74, 6) is -0.142. The van der Waals surface area contributed by atoms with E-state index in [0.29, 0.717) is 28.9 Å². The van der Waals surface area contributed by atoms with Crippen LogP contribution >= 0.6 is 0 Å². The molecule has 1 N–H and O–H groups in total. The highest BCUT2D eigenvalue weighted by Crippen LogP contribution is 2.28. The molecule has 190 valence electrons. The molecule has 1 fully saturated rings. The van der Waals surface area contributed by atoms with Gasteiger partial charge in [-0.2, -0.15) is 0 Å². The number of aromatic nitrogens is 1. The molecule has 0 bridgehead atoms. The van der Waals surface area contributed by atoms with Gasteiger partial charge in [0.05, 0.1) is 17.3 Å². The molecule has 4 aromatic rings. The van der Waals surface area contributed by atoms with Crippen molar-refractivity contribution in [3.8, 4) is 5.69 Å². The minimum Gasteiger partial charge on any atom is -0.345 e. The minimum absolute atomic E-state index is 0.0897. The van der Waals surface area contributed by atoms with Crippen molar-refractivity contribution in [2.45, 2.75) is 58.2 Å². The van der Waals surface area contributed by atoms with E-state index >= 15 is 0 Å². The zero-order valence-electron chi connectivity index (χ0n) is 21.7. The van der Waals surface area contributed by atoms with Crippen LogP contribution in [0, 0.1) is 0 Å². The van der Waals surface area contributed by atoms with E-state index in [2.05, 4.69) is 24.1 Å². The first-order chi connectivity index (χ1) is 18.1. The molecule has 2 atom stereocenters. The van der Waals surface area contributed by atoms with Crippen LogP contribution in [0.25, 0.3) is 16.5 Å². The highest BCUT2D eigenvalue weighted by Gasteiger charge is 2.28. The first-order valence-electron chi connectivity index (χ1n) is 13.4. The molecule has 1 saturated heterocycles. The van der Waals surface area contributed by atoms with E-state index in [-0.39, 0.29) is 17.5 Å².